The van der Waals surface area contributed by atoms with E-state index in [2.05, 4.69) is 4.72 Å². The molecule has 0 fully saturated rings. The molecule has 7 nitrogen and oxygen atoms in total. The second kappa shape index (κ2) is 9.36. The number of nitrogens with zero attached hydrogens (tertiary/aromatic N) is 1. The predicted octanol–water partition coefficient (Wildman–Crippen LogP) is 5.55. The molecule has 5 rings (SSSR count). The highest BCUT2D eigenvalue weighted by Gasteiger charge is 2.28. The zero-order chi connectivity index (χ0) is 26.4. The monoisotopic (exact) mass is 518 g/mol. The Morgan fingerprint density at radius 3 is 2.46 bits per heavy atom. The highest BCUT2D eigenvalue weighted by Crippen LogP contribution is 2.33. The van der Waals surface area contributed by atoms with E-state index in [0.717, 1.165) is 33.3 Å². The van der Waals surface area contributed by atoms with Gasteiger partial charge in [0.15, 0.2) is 0 Å². The molecule has 4 aromatic rings. The Morgan fingerprint density at radius 1 is 0.946 bits per heavy atom. The van der Waals surface area contributed by atoms with E-state index in [9.17, 15) is 13.2 Å². The summed E-state index contributed by atoms with van der Waals surface area (Å²) in [5, 5.41) is 0.938. The van der Waals surface area contributed by atoms with Gasteiger partial charge in [0.25, 0.3) is 0 Å². The molecule has 192 valence electrons. The minimum atomic E-state index is -3.70. The quantitative estimate of drug-likeness (QED) is 0.375. The first-order valence-electron chi connectivity index (χ1n) is 12.2. The number of benzene rings is 3. The molecule has 3 aromatic carbocycles. The number of carbonyl (C=O) groups excluding carboxylic acids is 1. The smallest absolute Gasteiger partial charge is 0.419 e. The van der Waals surface area contributed by atoms with Crippen molar-refractivity contribution in [2.45, 2.75) is 50.2 Å². The number of para-hydroxylation sites is 1. The van der Waals surface area contributed by atoms with Gasteiger partial charge in [0, 0.05) is 17.5 Å². The molecule has 1 aliphatic rings. The third kappa shape index (κ3) is 5.12. The van der Waals surface area contributed by atoms with Gasteiger partial charge < -0.3 is 9.47 Å². The Hall–Kier alpha value is -3.62. The second-order valence-electron chi connectivity index (χ2n) is 10.3. The topological polar surface area (TPSA) is 86.6 Å². The van der Waals surface area contributed by atoms with Gasteiger partial charge in [-0.1, -0.05) is 36.4 Å². The molecule has 0 bridgehead atoms. The molecule has 0 amide bonds. The Bertz CT molecular complexity index is 1600. The Balaban J connectivity index is 1.44. The third-order valence-electron chi connectivity index (χ3n) is 6.39. The standard InChI is InChI=1S/C29H30N2O5S/c1-29(2,3)36-28(32)31-26-11-6-5-8-20(26)17-27(31)21-13-12-19-15-23(16-22(19)14-21)30-37(33,34)25-10-7-9-24(18-25)35-4/h5-14,17-18,23,30H,15-16H2,1-4H3. The van der Waals surface area contributed by atoms with Gasteiger partial charge in [0.2, 0.25) is 10.0 Å². The summed E-state index contributed by atoms with van der Waals surface area (Å²) >= 11 is 0. The molecule has 0 radical (unpaired) electrons. The maximum absolute atomic E-state index is 13.2. The lowest BCUT2D eigenvalue weighted by atomic mass is 10.0. The fourth-order valence-corrected chi connectivity index (χ4v) is 6.06. The van der Waals surface area contributed by atoms with Crippen LogP contribution in [0.4, 0.5) is 4.79 Å². The number of aromatic nitrogens is 1. The third-order valence-corrected chi connectivity index (χ3v) is 7.91. The van der Waals surface area contributed by atoms with Gasteiger partial charge in [0.05, 0.1) is 23.2 Å². The largest absolute Gasteiger partial charge is 0.497 e. The van der Waals surface area contributed by atoms with E-state index in [-0.39, 0.29) is 10.9 Å². The molecule has 0 spiro atoms. The van der Waals surface area contributed by atoms with E-state index < -0.39 is 21.7 Å². The molecule has 37 heavy (non-hydrogen) atoms. The Labute approximate surface area is 217 Å². The molecule has 0 aliphatic heterocycles. The lowest BCUT2D eigenvalue weighted by Gasteiger charge is -2.21. The van der Waals surface area contributed by atoms with Crippen LogP contribution < -0.4 is 9.46 Å². The number of fused-ring (bicyclic) bond motifs is 2. The fraction of sp³-hybridized carbons (Fsp3) is 0.276. The average Bonchev–Trinajstić information content (AvgIpc) is 3.42. The van der Waals surface area contributed by atoms with Crippen molar-refractivity contribution in [3.63, 3.8) is 0 Å². The van der Waals surface area contributed by atoms with Crippen LogP contribution in [0.2, 0.25) is 0 Å². The molecule has 0 saturated heterocycles. The van der Waals surface area contributed by atoms with E-state index in [4.69, 9.17) is 9.47 Å². The van der Waals surface area contributed by atoms with Gasteiger partial charge >= 0.3 is 6.09 Å². The minimum absolute atomic E-state index is 0.172. The van der Waals surface area contributed by atoms with Crippen molar-refractivity contribution in [1.29, 1.82) is 0 Å². The van der Waals surface area contributed by atoms with Crippen molar-refractivity contribution in [2.75, 3.05) is 7.11 Å². The maximum atomic E-state index is 13.2. The highest BCUT2D eigenvalue weighted by atomic mass is 32.2. The zero-order valence-corrected chi connectivity index (χ0v) is 22.1. The number of hydrogen-bond acceptors (Lipinski definition) is 5. The van der Waals surface area contributed by atoms with Crippen LogP contribution in [0.3, 0.4) is 0 Å². The summed E-state index contributed by atoms with van der Waals surface area (Å²) in [6.07, 6.45) is 0.709. The molecule has 8 heteroatoms. The molecule has 1 aromatic heterocycles. The van der Waals surface area contributed by atoms with Crippen molar-refractivity contribution in [2.24, 2.45) is 0 Å². The van der Waals surface area contributed by atoms with Crippen molar-refractivity contribution in [3.8, 4) is 17.0 Å². The number of ether oxygens (including phenoxy) is 2. The number of carbonyl (C=O) groups is 1. The maximum Gasteiger partial charge on any atom is 0.419 e. The average molecular weight is 519 g/mol. The number of sulfonamides is 1. The normalized spacial score (nSPS) is 15.5. The Kier molecular flexibility index (Phi) is 6.33. The van der Waals surface area contributed by atoms with Crippen LogP contribution in [-0.2, 0) is 27.6 Å². The molecule has 1 aliphatic carbocycles. The van der Waals surface area contributed by atoms with Crippen LogP contribution in [0.15, 0.2) is 77.7 Å². The van der Waals surface area contributed by atoms with Gasteiger partial charge in [-0.25, -0.2) is 22.5 Å². The highest BCUT2D eigenvalue weighted by molar-refractivity contribution is 7.89. The summed E-state index contributed by atoms with van der Waals surface area (Å²) in [6, 6.07) is 21.9. The van der Waals surface area contributed by atoms with Crippen molar-refractivity contribution in [1.82, 2.24) is 9.29 Å². The van der Waals surface area contributed by atoms with Crippen molar-refractivity contribution < 1.29 is 22.7 Å². The summed E-state index contributed by atoms with van der Waals surface area (Å²) in [7, 11) is -2.20. The number of nitrogens with one attached hydrogen (secondary N) is 1. The molecule has 0 saturated carbocycles. The van der Waals surface area contributed by atoms with Gasteiger partial charge in [-0.05, 0) is 80.6 Å². The molecule has 1 unspecified atom stereocenters. The molecule has 1 N–H and O–H groups in total. The summed E-state index contributed by atoms with van der Waals surface area (Å²) in [4.78, 5) is 13.4. The van der Waals surface area contributed by atoms with E-state index in [1.807, 2.05) is 69.3 Å². The van der Waals surface area contributed by atoms with Crippen LogP contribution in [0, 0.1) is 0 Å². The van der Waals surface area contributed by atoms with Crippen molar-refractivity contribution >= 4 is 27.0 Å². The SMILES string of the molecule is COc1cccc(S(=O)(=O)NC2Cc3ccc(-c4cc5ccccc5n4C(=O)OC(C)(C)C)cc3C2)c1. The number of hydrogen-bond donors (Lipinski definition) is 1. The van der Waals surface area contributed by atoms with E-state index in [0.29, 0.717) is 18.6 Å². The number of methoxy groups -OCH3 is 1. The summed E-state index contributed by atoms with van der Waals surface area (Å²) in [6.45, 7) is 5.54. The van der Waals surface area contributed by atoms with Crippen LogP contribution in [0.25, 0.3) is 22.2 Å². The van der Waals surface area contributed by atoms with Gasteiger partial charge in [-0.15, -0.1) is 0 Å². The fourth-order valence-electron chi connectivity index (χ4n) is 4.79. The minimum Gasteiger partial charge on any atom is -0.497 e. The van der Waals surface area contributed by atoms with E-state index in [1.165, 1.54) is 13.2 Å². The first-order valence-corrected chi connectivity index (χ1v) is 13.6. The lowest BCUT2D eigenvalue weighted by molar-refractivity contribution is 0.0547. The first-order chi connectivity index (χ1) is 17.5. The van der Waals surface area contributed by atoms with Crippen LogP contribution >= 0.6 is 0 Å². The van der Waals surface area contributed by atoms with E-state index in [1.54, 1.807) is 22.8 Å². The van der Waals surface area contributed by atoms with Gasteiger partial charge in [0.1, 0.15) is 11.4 Å². The van der Waals surface area contributed by atoms with Crippen molar-refractivity contribution in [3.05, 3.63) is 83.9 Å². The summed E-state index contributed by atoms with van der Waals surface area (Å²) in [5.41, 5.74) is 3.89. The van der Waals surface area contributed by atoms with Crippen LogP contribution in [0.5, 0.6) is 5.75 Å². The molecular weight excluding hydrogens is 488 g/mol. The van der Waals surface area contributed by atoms with Gasteiger partial charge in [-0.3, -0.25) is 0 Å². The first kappa shape index (κ1) is 25.0. The molecule has 1 heterocycles. The number of rotatable bonds is 5. The van der Waals surface area contributed by atoms with Gasteiger partial charge in [-0.2, -0.15) is 0 Å². The summed E-state index contributed by atoms with van der Waals surface area (Å²) < 4.78 is 41.4. The van der Waals surface area contributed by atoms with Crippen LogP contribution in [0.1, 0.15) is 31.9 Å². The molecular formula is C29H30N2O5S. The zero-order valence-electron chi connectivity index (χ0n) is 21.3. The lowest BCUT2D eigenvalue weighted by Crippen LogP contribution is -2.35. The van der Waals surface area contributed by atoms with Crippen LogP contribution in [-0.4, -0.2) is 37.8 Å². The summed E-state index contributed by atoms with van der Waals surface area (Å²) in [5.74, 6) is 0.489. The second-order valence-corrected chi connectivity index (χ2v) is 12.0. The molecule has 1 atom stereocenters. The predicted molar refractivity (Wildman–Crippen MR) is 144 cm³/mol. The van der Waals surface area contributed by atoms with E-state index >= 15 is 0 Å². The Morgan fingerprint density at radius 2 is 1.70 bits per heavy atom.